The van der Waals surface area contributed by atoms with Crippen molar-refractivity contribution >= 4 is 23.4 Å². The van der Waals surface area contributed by atoms with Crippen molar-refractivity contribution in [2.24, 2.45) is 0 Å². The molecule has 0 bridgehead atoms. The third kappa shape index (κ3) is 4.18. The number of carbonyl (C=O) groups is 2. The second-order valence-corrected chi connectivity index (χ2v) is 6.12. The average molecular weight is 397 g/mol. The number of non-ortho nitro benzene ring substituents is 1. The zero-order valence-corrected chi connectivity index (χ0v) is 15.8. The molecule has 1 unspecified atom stereocenters. The van der Waals surface area contributed by atoms with Gasteiger partial charge in [0.15, 0.2) is 0 Å². The summed E-state index contributed by atoms with van der Waals surface area (Å²) in [7, 11) is 1.54. The number of esters is 1. The van der Waals surface area contributed by atoms with E-state index >= 15 is 0 Å². The van der Waals surface area contributed by atoms with Gasteiger partial charge in [-0.1, -0.05) is 0 Å². The molecule has 150 valence electrons. The maximum absolute atomic E-state index is 12.8. The predicted molar refractivity (Wildman–Crippen MR) is 104 cm³/mol. The number of nitrogens with zero attached hydrogens (tertiary/aromatic N) is 1. The number of urea groups is 1. The molecule has 0 aliphatic carbocycles. The minimum absolute atomic E-state index is 0.0916. The molecule has 0 saturated carbocycles. The largest absolute Gasteiger partial charge is 0.497 e. The Labute approximate surface area is 166 Å². The number of carbonyl (C=O) groups excluding carboxylic acids is 2. The molecule has 0 radical (unpaired) electrons. The molecule has 0 saturated heterocycles. The van der Waals surface area contributed by atoms with Gasteiger partial charge in [0, 0.05) is 12.1 Å². The molecule has 3 rings (SSSR count). The summed E-state index contributed by atoms with van der Waals surface area (Å²) in [6, 6.07) is 11.1. The Morgan fingerprint density at radius 3 is 2.34 bits per heavy atom. The van der Waals surface area contributed by atoms with Crippen LogP contribution in [0.5, 0.6) is 5.75 Å². The number of nitro benzene ring substituents is 1. The van der Waals surface area contributed by atoms with E-state index < -0.39 is 23.0 Å². The summed E-state index contributed by atoms with van der Waals surface area (Å²) < 4.78 is 10.4. The SMILES string of the molecule is CCOC(=O)C1=C(c2ccc(OC)cc2)NC(=O)NC1c1ccc([N+](=O)[O-])cc1. The number of benzene rings is 2. The van der Waals surface area contributed by atoms with Crippen LogP contribution < -0.4 is 15.4 Å². The Balaban J connectivity index is 2.12. The van der Waals surface area contributed by atoms with Crippen LogP contribution in [0.4, 0.5) is 10.5 Å². The highest BCUT2D eigenvalue weighted by atomic mass is 16.6. The van der Waals surface area contributed by atoms with Crippen LogP contribution in [-0.2, 0) is 9.53 Å². The Hall–Kier alpha value is -3.88. The Morgan fingerprint density at radius 1 is 1.14 bits per heavy atom. The van der Waals surface area contributed by atoms with E-state index in [0.29, 0.717) is 22.6 Å². The fourth-order valence-corrected chi connectivity index (χ4v) is 3.02. The van der Waals surface area contributed by atoms with Crippen LogP contribution in [-0.4, -0.2) is 30.6 Å². The maximum Gasteiger partial charge on any atom is 0.338 e. The van der Waals surface area contributed by atoms with E-state index in [1.54, 1.807) is 31.2 Å². The van der Waals surface area contributed by atoms with Gasteiger partial charge >= 0.3 is 12.0 Å². The van der Waals surface area contributed by atoms with Gasteiger partial charge in [0.05, 0.1) is 36.0 Å². The van der Waals surface area contributed by atoms with Gasteiger partial charge in [-0.25, -0.2) is 9.59 Å². The van der Waals surface area contributed by atoms with Crippen LogP contribution in [0, 0.1) is 10.1 Å². The molecule has 29 heavy (non-hydrogen) atoms. The molecule has 9 nitrogen and oxygen atoms in total. The highest BCUT2D eigenvalue weighted by Crippen LogP contribution is 2.33. The Kier molecular flexibility index (Phi) is 5.77. The number of nitro groups is 1. The van der Waals surface area contributed by atoms with E-state index in [1.165, 1.54) is 31.4 Å². The number of amides is 2. The first-order valence-corrected chi connectivity index (χ1v) is 8.82. The summed E-state index contributed by atoms with van der Waals surface area (Å²) >= 11 is 0. The van der Waals surface area contributed by atoms with Crippen LogP contribution in [0.1, 0.15) is 24.1 Å². The highest BCUT2D eigenvalue weighted by Gasteiger charge is 2.34. The van der Waals surface area contributed by atoms with Crippen molar-refractivity contribution in [3.63, 3.8) is 0 Å². The zero-order chi connectivity index (χ0) is 21.0. The topological polar surface area (TPSA) is 120 Å². The molecule has 1 aliphatic heterocycles. The van der Waals surface area contributed by atoms with Gasteiger partial charge in [-0.2, -0.15) is 0 Å². The van der Waals surface area contributed by atoms with E-state index in [4.69, 9.17) is 9.47 Å². The Morgan fingerprint density at radius 2 is 1.79 bits per heavy atom. The lowest BCUT2D eigenvalue weighted by molar-refractivity contribution is -0.384. The van der Waals surface area contributed by atoms with Crippen molar-refractivity contribution < 1.29 is 24.0 Å². The predicted octanol–water partition coefficient (Wildman–Crippen LogP) is 2.93. The normalized spacial score (nSPS) is 15.9. The van der Waals surface area contributed by atoms with Gasteiger partial charge in [-0.3, -0.25) is 10.1 Å². The van der Waals surface area contributed by atoms with E-state index in [9.17, 15) is 19.7 Å². The quantitative estimate of drug-likeness (QED) is 0.439. The first kappa shape index (κ1) is 19.9. The summed E-state index contributed by atoms with van der Waals surface area (Å²) in [6.45, 7) is 1.83. The van der Waals surface area contributed by atoms with Gasteiger partial charge in [0.25, 0.3) is 5.69 Å². The molecule has 2 N–H and O–H groups in total. The van der Waals surface area contributed by atoms with Crippen LogP contribution in [0.25, 0.3) is 5.70 Å². The molecule has 2 aromatic rings. The van der Waals surface area contributed by atoms with Crippen molar-refractivity contribution in [2.75, 3.05) is 13.7 Å². The van der Waals surface area contributed by atoms with Gasteiger partial charge in [-0.15, -0.1) is 0 Å². The zero-order valence-electron chi connectivity index (χ0n) is 15.8. The summed E-state index contributed by atoms with van der Waals surface area (Å²) in [6.07, 6.45) is 0. The number of hydrogen-bond donors (Lipinski definition) is 2. The Bertz CT molecular complexity index is 967. The first-order valence-electron chi connectivity index (χ1n) is 8.82. The minimum atomic E-state index is -0.833. The lowest BCUT2D eigenvalue weighted by Gasteiger charge is -2.29. The summed E-state index contributed by atoms with van der Waals surface area (Å²) in [5.74, 6) is 0.0217. The molecular weight excluding hydrogens is 378 g/mol. The molecule has 9 heteroatoms. The van der Waals surface area contributed by atoms with Crippen LogP contribution >= 0.6 is 0 Å². The average Bonchev–Trinajstić information content (AvgIpc) is 2.73. The highest BCUT2D eigenvalue weighted by molar-refractivity contribution is 6.04. The maximum atomic E-state index is 12.8. The monoisotopic (exact) mass is 397 g/mol. The summed E-state index contributed by atoms with van der Waals surface area (Å²) in [5.41, 5.74) is 1.52. The van der Waals surface area contributed by atoms with Gasteiger partial charge in [0.1, 0.15) is 5.75 Å². The van der Waals surface area contributed by atoms with Crippen LogP contribution in [0.15, 0.2) is 54.1 Å². The summed E-state index contributed by atoms with van der Waals surface area (Å²) in [5, 5.41) is 16.3. The van der Waals surface area contributed by atoms with Gasteiger partial charge < -0.3 is 20.1 Å². The molecule has 0 fully saturated rings. The van der Waals surface area contributed by atoms with Gasteiger partial charge in [0.2, 0.25) is 0 Å². The van der Waals surface area contributed by atoms with Crippen molar-refractivity contribution in [3.05, 3.63) is 75.3 Å². The molecule has 1 atom stereocenters. The molecule has 0 aromatic heterocycles. The molecule has 1 heterocycles. The number of nitrogens with one attached hydrogen (secondary N) is 2. The number of rotatable bonds is 6. The van der Waals surface area contributed by atoms with Crippen molar-refractivity contribution in [3.8, 4) is 5.75 Å². The van der Waals surface area contributed by atoms with Crippen molar-refractivity contribution in [1.29, 1.82) is 0 Å². The molecule has 2 amide bonds. The van der Waals surface area contributed by atoms with Gasteiger partial charge in [-0.05, 0) is 54.4 Å². The first-order chi connectivity index (χ1) is 13.9. The minimum Gasteiger partial charge on any atom is -0.497 e. The second kappa shape index (κ2) is 8.42. The smallest absolute Gasteiger partial charge is 0.338 e. The van der Waals surface area contributed by atoms with Crippen molar-refractivity contribution in [2.45, 2.75) is 13.0 Å². The number of methoxy groups -OCH3 is 1. The van der Waals surface area contributed by atoms with E-state index in [1.807, 2.05) is 0 Å². The third-order valence-electron chi connectivity index (χ3n) is 4.38. The summed E-state index contributed by atoms with van der Waals surface area (Å²) in [4.78, 5) is 35.5. The molecule has 1 aliphatic rings. The van der Waals surface area contributed by atoms with E-state index in [-0.39, 0.29) is 17.9 Å². The standard InChI is InChI=1S/C20H19N3O6/c1-3-29-19(24)16-17(12-4-8-14(9-5-12)23(26)27)21-20(25)22-18(16)13-6-10-15(28-2)11-7-13/h4-11,17H,3H2,1-2H3,(H2,21,22,25). The third-order valence-corrected chi connectivity index (χ3v) is 4.38. The lowest BCUT2D eigenvalue weighted by atomic mass is 9.92. The number of hydrogen-bond acceptors (Lipinski definition) is 6. The molecule has 2 aromatic carbocycles. The van der Waals surface area contributed by atoms with Crippen molar-refractivity contribution in [1.82, 2.24) is 10.6 Å². The lowest BCUT2D eigenvalue weighted by Crippen LogP contribution is -2.45. The van der Waals surface area contributed by atoms with E-state index in [0.717, 1.165) is 0 Å². The fraction of sp³-hybridized carbons (Fsp3) is 0.200. The molecule has 0 spiro atoms. The molecular formula is C20H19N3O6. The van der Waals surface area contributed by atoms with E-state index in [2.05, 4.69) is 10.6 Å². The fourth-order valence-electron chi connectivity index (χ4n) is 3.02. The van der Waals surface area contributed by atoms with Crippen LogP contribution in [0.3, 0.4) is 0 Å². The second-order valence-electron chi connectivity index (χ2n) is 6.12. The number of ether oxygens (including phenoxy) is 2. The van der Waals surface area contributed by atoms with Crippen LogP contribution in [0.2, 0.25) is 0 Å².